The molecule has 0 spiro atoms. The Morgan fingerprint density at radius 1 is 0.839 bits per heavy atom. The van der Waals surface area contributed by atoms with Crippen molar-refractivity contribution in [1.29, 1.82) is 0 Å². The SMILES string of the molecule is Cc1c(C=O)c(-c2cccc(N3CCN(c4ccc(NS(=O)c5ccc(NCCSc6ccccc6)c([N+](=O)[O-])c5)cc4)CC3)c2)c(-c2ccc(Cl)cc2)n1C. The number of hydrogen-bond acceptors (Lipinski definition) is 8. The molecule has 5 aromatic carbocycles. The Morgan fingerprint density at radius 2 is 1.54 bits per heavy atom. The second kappa shape index (κ2) is 17.5. The zero-order valence-corrected chi connectivity index (χ0v) is 33.4. The maximum atomic E-state index is 13.3. The fourth-order valence-electron chi connectivity index (χ4n) is 6.99. The van der Waals surface area contributed by atoms with Crippen molar-refractivity contribution in [1.82, 2.24) is 4.57 Å². The number of aldehydes is 1. The van der Waals surface area contributed by atoms with E-state index in [1.807, 2.05) is 98.9 Å². The minimum absolute atomic E-state index is 0.118. The van der Waals surface area contributed by atoms with E-state index in [0.717, 1.165) is 82.6 Å². The van der Waals surface area contributed by atoms with Gasteiger partial charge in [0.15, 0.2) is 17.3 Å². The smallest absolute Gasteiger partial charge is 0.293 e. The summed E-state index contributed by atoms with van der Waals surface area (Å²) in [5, 5.41) is 15.7. The fourth-order valence-corrected chi connectivity index (χ4v) is 8.79. The summed E-state index contributed by atoms with van der Waals surface area (Å²) in [7, 11) is 0.283. The molecule has 1 fully saturated rings. The standard InChI is InChI=1S/C43H41ClN6O4S2/c1-30-39(29-51)42(43(47(30)2)31-11-13-33(44)14-12-31)32-7-6-8-36(27-32)49-24-22-48(23-25-49)35-17-15-34(16-18-35)46-56(54)38-19-20-40(41(28-38)50(52)53)45-21-26-55-37-9-4-3-5-10-37/h3-20,27-29,45-46H,21-26H2,1-2H3. The lowest BCUT2D eigenvalue weighted by Gasteiger charge is -2.37. The van der Waals surface area contributed by atoms with Crippen molar-refractivity contribution < 1.29 is 13.9 Å². The van der Waals surface area contributed by atoms with E-state index in [-0.39, 0.29) is 5.69 Å². The Balaban J connectivity index is 0.969. The molecule has 0 amide bonds. The molecule has 1 unspecified atom stereocenters. The first-order valence-electron chi connectivity index (χ1n) is 18.2. The maximum absolute atomic E-state index is 13.3. The maximum Gasteiger partial charge on any atom is 0.293 e. The van der Waals surface area contributed by atoms with Crippen LogP contribution in [0.1, 0.15) is 16.1 Å². The number of carbonyl (C=O) groups excluding carboxylic acids is 1. The summed E-state index contributed by atoms with van der Waals surface area (Å²) < 4.78 is 18.3. The van der Waals surface area contributed by atoms with Gasteiger partial charge < -0.3 is 24.4 Å². The van der Waals surface area contributed by atoms with Gasteiger partial charge in [0, 0.05) is 95.4 Å². The molecule has 286 valence electrons. The van der Waals surface area contributed by atoms with Gasteiger partial charge in [-0.1, -0.05) is 54.1 Å². The zero-order chi connectivity index (χ0) is 39.2. The third kappa shape index (κ3) is 8.62. The number of rotatable bonds is 14. The monoisotopic (exact) mass is 804 g/mol. The topological polar surface area (TPSA) is 113 Å². The number of piperazine rings is 1. The third-order valence-electron chi connectivity index (χ3n) is 10.0. The largest absolute Gasteiger partial charge is 0.379 e. The normalized spacial score (nSPS) is 13.3. The number of nitrogens with zero attached hydrogens (tertiary/aromatic N) is 4. The van der Waals surface area contributed by atoms with Gasteiger partial charge in [0.1, 0.15) is 5.69 Å². The van der Waals surface area contributed by atoms with Crippen molar-refractivity contribution in [3.05, 3.63) is 148 Å². The molecule has 56 heavy (non-hydrogen) atoms. The zero-order valence-electron chi connectivity index (χ0n) is 31.0. The molecular weight excluding hydrogens is 764 g/mol. The second-order valence-electron chi connectivity index (χ2n) is 13.4. The van der Waals surface area contributed by atoms with Gasteiger partial charge in [-0.3, -0.25) is 14.9 Å². The molecule has 0 bridgehead atoms. The van der Waals surface area contributed by atoms with Gasteiger partial charge in [0.05, 0.1) is 15.5 Å². The lowest BCUT2D eigenvalue weighted by molar-refractivity contribution is -0.384. The van der Waals surface area contributed by atoms with Crippen LogP contribution in [-0.2, 0) is 18.0 Å². The van der Waals surface area contributed by atoms with Crippen molar-refractivity contribution in [3.63, 3.8) is 0 Å². The first-order valence-corrected chi connectivity index (χ1v) is 20.7. The average Bonchev–Trinajstić information content (AvgIpc) is 3.49. The van der Waals surface area contributed by atoms with Crippen LogP contribution in [0.15, 0.2) is 131 Å². The van der Waals surface area contributed by atoms with Gasteiger partial charge in [-0.05, 0) is 90.8 Å². The Hall–Kier alpha value is -5.56. The molecule has 6 aromatic rings. The molecule has 1 aliphatic rings. The van der Waals surface area contributed by atoms with E-state index in [1.54, 1.807) is 23.9 Å². The number of nitro groups is 1. The molecule has 1 aromatic heterocycles. The van der Waals surface area contributed by atoms with Gasteiger partial charge in [0.25, 0.3) is 5.69 Å². The number of benzene rings is 5. The van der Waals surface area contributed by atoms with E-state index < -0.39 is 15.9 Å². The predicted octanol–water partition coefficient (Wildman–Crippen LogP) is 9.71. The lowest BCUT2D eigenvalue weighted by atomic mass is 9.97. The molecule has 1 atom stereocenters. The quantitative estimate of drug-likeness (QED) is 0.0368. The van der Waals surface area contributed by atoms with Gasteiger partial charge in [-0.25, -0.2) is 4.21 Å². The minimum atomic E-state index is -1.70. The second-order valence-corrected chi connectivity index (χ2v) is 16.2. The summed E-state index contributed by atoms with van der Waals surface area (Å²) >= 11 is 7.86. The van der Waals surface area contributed by atoms with Crippen LogP contribution in [0.2, 0.25) is 5.02 Å². The number of aromatic nitrogens is 1. The number of anilines is 4. The Bertz CT molecular complexity index is 2360. The molecule has 1 aliphatic heterocycles. The lowest BCUT2D eigenvalue weighted by Crippen LogP contribution is -2.46. The van der Waals surface area contributed by atoms with Crippen molar-refractivity contribution in [3.8, 4) is 22.4 Å². The molecule has 2 heterocycles. The first kappa shape index (κ1) is 38.7. The number of halogens is 1. The van der Waals surface area contributed by atoms with Crippen LogP contribution >= 0.6 is 23.4 Å². The number of hydrogen-bond donors (Lipinski definition) is 2. The van der Waals surface area contributed by atoms with Crippen LogP contribution < -0.4 is 19.8 Å². The van der Waals surface area contributed by atoms with Gasteiger partial charge in [-0.2, -0.15) is 0 Å². The number of nitrogens with one attached hydrogen (secondary N) is 2. The van der Waals surface area contributed by atoms with Crippen LogP contribution in [0.3, 0.4) is 0 Å². The molecule has 13 heteroatoms. The molecule has 7 rings (SSSR count). The Kier molecular flexibility index (Phi) is 12.1. The summed E-state index contributed by atoms with van der Waals surface area (Å²) in [6.45, 7) is 5.73. The van der Waals surface area contributed by atoms with E-state index in [0.29, 0.717) is 33.4 Å². The van der Waals surface area contributed by atoms with Crippen LogP contribution in [-0.4, -0.2) is 58.5 Å². The van der Waals surface area contributed by atoms with E-state index in [2.05, 4.69) is 42.6 Å². The Morgan fingerprint density at radius 3 is 2.21 bits per heavy atom. The van der Waals surface area contributed by atoms with E-state index in [4.69, 9.17) is 11.6 Å². The highest BCUT2D eigenvalue weighted by Crippen LogP contribution is 2.40. The van der Waals surface area contributed by atoms with Gasteiger partial charge >= 0.3 is 0 Å². The summed E-state index contributed by atoms with van der Waals surface area (Å²) in [6.07, 6.45) is 0.949. The van der Waals surface area contributed by atoms with Crippen LogP contribution in [0.25, 0.3) is 22.4 Å². The molecule has 0 aliphatic carbocycles. The molecule has 0 radical (unpaired) electrons. The van der Waals surface area contributed by atoms with Crippen molar-refractivity contribution in [2.75, 3.05) is 58.3 Å². The predicted molar refractivity (Wildman–Crippen MR) is 231 cm³/mol. The van der Waals surface area contributed by atoms with Gasteiger partial charge in [0.2, 0.25) is 0 Å². The summed E-state index contributed by atoms with van der Waals surface area (Å²) in [4.78, 5) is 30.0. The number of nitro benzene ring substituents is 1. The highest BCUT2D eigenvalue weighted by atomic mass is 35.5. The summed E-state index contributed by atoms with van der Waals surface area (Å²) in [6, 6.07) is 38.4. The van der Waals surface area contributed by atoms with Crippen molar-refractivity contribution in [2.45, 2.75) is 16.7 Å². The third-order valence-corrected chi connectivity index (χ3v) is 12.4. The number of carbonyl (C=O) groups is 1. The summed E-state index contributed by atoms with van der Waals surface area (Å²) in [5.41, 5.74) is 8.51. The number of thioether (sulfide) groups is 1. The highest BCUT2D eigenvalue weighted by molar-refractivity contribution is 7.99. The van der Waals surface area contributed by atoms with Crippen molar-refractivity contribution >= 4 is 69.1 Å². The van der Waals surface area contributed by atoms with E-state index >= 15 is 0 Å². The van der Waals surface area contributed by atoms with Crippen LogP contribution in [0.4, 0.5) is 28.4 Å². The molecule has 2 N–H and O–H groups in total. The van der Waals surface area contributed by atoms with Crippen LogP contribution in [0, 0.1) is 17.0 Å². The Labute approximate surface area is 338 Å². The molecule has 1 saturated heterocycles. The van der Waals surface area contributed by atoms with E-state index in [1.165, 1.54) is 6.07 Å². The summed E-state index contributed by atoms with van der Waals surface area (Å²) in [5.74, 6) is 0.738. The first-order chi connectivity index (χ1) is 27.2. The minimum Gasteiger partial charge on any atom is -0.379 e. The van der Waals surface area contributed by atoms with E-state index in [9.17, 15) is 19.1 Å². The molecular formula is C43H41ClN6O4S2. The van der Waals surface area contributed by atoms with Gasteiger partial charge in [-0.15, -0.1) is 11.8 Å². The molecule has 0 saturated carbocycles. The van der Waals surface area contributed by atoms with Crippen molar-refractivity contribution in [2.24, 2.45) is 7.05 Å². The highest BCUT2D eigenvalue weighted by Gasteiger charge is 2.23. The fraction of sp³-hybridized carbons (Fsp3) is 0.186. The average molecular weight is 805 g/mol. The molecule has 10 nitrogen and oxygen atoms in total. The van der Waals surface area contributed by atoms with Crippen LogP contribution in [0.5, 0.6) is 0 Å².